The highest BCUT2D eigenvalue weighted by Gasteiger charge is 2.46. The van der Waals surface area contributed by atoms with Gasteiger partial charge in [-0.2, -0.15) is 0 Å². The molecule has 164 valence electrons. The second-order valence-corrected chi connectivity index (χ2v) is 8.33. The topological polar surface area (TPSA) is 58.6 Å². The van der Waals surface area contributed by atoms with Crippen LogP contribution in [0.15, 0.2) is 61.2 Å². The van der Waals surface area contributed by atoms with Crippen LogP contribution in [-0.2, 0) is 14.3 Å². The molecular formula is C24H26Cl2N2O3. The maximum Gasteiger partial charge on any atom is 0.254 e. The highest BCUT2D eigenvalue weighted by Crippen LogP contribution is 2.44. The lowest BCUT2D eigenvalue weighted by atomic mass is 9.90. The molecular weight excluding hydrogens is 435 g/mol. The fourth-order valence-corrected chi connectivity index (χ4v) is 4.33. The number of morpholine rings is 1. The van der Waals surface area contributed by atoms with Gasteiger partial charge in [0.1, 0.15) is 18.4 Å². The van der Waals surface area contributed by atoms with Crippen molar-refractivity contribution in [2.45, 2.75) is 50.6 Å². The maximum absolute atomic E-state index is 13.5. The molecule has 0 aromatic heterocycles. The fourth-order valence-electron chi connectivity index (χ4n) is 4.01. The van der Waals surface area contributed by atoms with Gasteiger partial charge in [-0.1, -0.05) is 66.9 Å². The molecule has 0 saturated carbocycles. The number of benzene rings is 2. The van der Waals surface area contributed by atoms with Crippen LogP contribution in [0.1, 0.15) is 49.5 Å². The van der Waals surface area contributed by atoms with E-state index in [2.05, 4.69) is 11.9 Å². The third kappa shape index (κ3) is 5.29. The van der Waals surface area contributed by atoms with Crippen LogP contribution >= 0.6 is 23.2 Å². The Kier molecular flexibility index (Phi) is 8.13. The van der Waals surface area contributed by atoms with E-state index in [9.17, 15) is 9.59 Å². The van der Waals surface area contributed by atoms with Crippen LogP contribution in [0.4, 0.5) is 0 Å². The third-order valence-electron chi connectivity index (χ3n) is 5.36. The lowest BCUT2D eigenvalue weighted by molar-refractivity contribution is -0.180. The standard InChI is InChI=1S/C24H26Cl2N2O3/c1-3-6-20-24(30)28(21(7-4-2)27-15-29)22(16-10-12-18(25)13-11-16)23(31-20)17-8-5-9-19(26)14-17/h3,5,8-15,20-23H,1,4,6-7H2,2H3,(H,27,29)/t20-,21+,22+,23?/m1/s1. The van der Waals surface area contributed by atoms with Crippen molar-refractivity contribution in [2.75, 3.05) is 0 Å². The van der Waals surface area contributed by atoms with Gasteiger partial charge in [0.15, 0.2) is 0 Å². The van der Waals surface area contributed by atoms with Crippen molar-refractivity contribution in [3.63, 3.8) is 0 Å². The van der Waals surface area contributed by atoms with Gasteiger partial charge in [-0.3, -0.25) is 9.59 Å². The van der Waals surface area contributed by atoms with Crippen molar-refractivity contribution in [1.29, 1.82) is 0 Å². The molecule has 31 heavy (non-hydrogen) atoms. The molecule has 1 saturated heterocycles. The first kappa shape index (κ1) is 23.3. The summed E-state index contributed by atoms with van der Waals surface area (Å²) in [5.74, 6) is -0.189. The van der Waals surface area contributed by atoms with Crippen molar-refractivity contribution < 1.29 is 14.3 Å². The van der Waals surface area contributed by atoms with Crippen LogP contribution in [-0.4, -0.2) is 29.5 Å². The Morgan fingerprint density at radius 3 is 2.52 bits per heavy atom. The Balaban J connectivity index is 2.17. The van der Waals surface area contributed by atoms with E-state index < -0.39 is 24.4 Å². The SMILES string of the molecule is C=CC[C@H]1OC(c2cccc(Cl)c2)[C@H](c2ccc(Cl)cc2)N([C@@H](CCC)NC=O)C1=O. The van der Waals surface area contributed by atoms with Crippen LogP contribution < -0.4 is 5.32 Å². The van der Waals surface area contributed by atoms with E-state index in [-0.39, 0.29) is 5.91 Å². The molecule has 1 N–H and O–H groups in total. The summed E-state index contributed by atoms with van der Waals surface area (Å²) in [5.41, 5.74) is 1.70. The van der Waals surface area contributed by atoms with Gasteiger partial charge in [0.25, 0.3) is 5.91 Å². The predicted molar refractivity (Wildman–Crippen MR) is 123 cm³/mol. The summed E-state index contributed by atoms with van der Waals surface area (Å²) in [6, 6.07) is 14.3. The highest BCUT2D eigenvalue weighted by atomic mass is 35.5. The minimum Gasteiger partial charge on any atom is -0.358 e. The molecule has 1 aliphatic heterocycles. The van der Waals surface area contributed by atoms with E-state index in [1.54, 1.807) is 29.2 Å². The Hall–Kier alpha value is -2.34. The van der Waals surface area contributed by atoms with Gasteiger partial charge in [0.2, 0.25) is 6.41 Å². The third-order valence-corrected chi connectivity index (χ3v) is 5.84. The predicted octanol–water partition coefficient (Wildman–Crippen LogP) is 5.45. The summed E-state index contributed by atoms with van der Waals surface area (Å²) in [7, 11) is 0. The van der Waals surface area contributed by atoms with E-state index >= 15 is 0 Å². The molecule has 1 unspecified atom stereocenters. The second kappa shape index (κ2) is 10.8. The van der Waals surface area contributed by atoms with E-state index in [1.165, 1.54) is 0 Å². The highest BCUT2D eigenvalue weighted by molar-refractivity contribution is 6.30. The van der Waals surface area contributed by atoms with Gasteiger partial charge in [0, 0.05) is 16.5 Å². The number of nitrogens with one attached hydrogen (secondary N) is 1. The van der Waals surface area contributed by atoms with Gasteiger partial charge >= 0.3 is 0 Å². The van der Waals surface area contributed by atoms with Gasteiger partial charge < -0.3 is 15.0 Å². The summed E-state index contributed by atoms with van der Waals surface area (Å²) < 4.78 is 6.34. The van der Waals surface area contributed by atoms with Gasteiger partial charge in [-0.05, 0) is 41.8 Å². The van der Waals surface area contributed by atoms with Gasteiger partial charge in [-0.25, -0.2) is 0 Å². The molecule has 3 rings (SSSR count). The van der Waals surface area contributed by atoms with Crippen LogP contribution in [0.2, 0.25) is 10.0 Å². The first-order valence-electron chi connectivity index (χ1n) is 10.3. The fraction of sp³-hybridized carbons (Fsp3) is 0.333. The van der Waals surface area contributed by atoms with Crippen molar-refractivity contribution >= 4 is 35.5 Å². The number of carbonyl (C=O) groups is 2. The van der Waals surface area contributed by atoms with Crippen molar-refractivity contribution in [3.8, 4) is 0 Å². The van der Waals surface area contributed by atoms with Gasteiger partial charge in [-0.15, -0.1) is 6.58 Å². The lowest BCUT2D eigenvalue weighted by Crippen LogP contribution is -2.58. The summed E-state index contributed by atoms with van der Waals surface area (Å²) in [4.78, 5) is 26.7. The molecule has 2 aromatic rings. The summed E-state index contributed by atoms with van der Waals surface area (Å²) >= 11 is 12.4. The number of amides is 2. The Morgan fingerprint density at radius 1 is 1.16 bits per heavy atom. The van der Waals surface area contributed by atoms with Gasteiger partial charge in [0.05, 0.1) is 6.04 Å². The first-order valence-corrected chi connectivity index (χ1v) is 11.0. The molecule has 0 spiro atoms. The number of ether oxygens (including phenoxy) is 1. The molecule has 0 aliphatic carbocycles. The van der Waals surface area contributed by atoms with Crippen LogP contribution in [0, 0.1) is 0 Å². The molecule has 4 atom stereocenters. The normalized spacial score (nSPS) is 22.1. The average Bonchev–Trinajstić information content (AvgIpc) is 2.75. The quantitative estimate of drug-likeness (QED) is 0.399. The minimum absolute atomic E-state index is 0.189. The Morgan fingerprint density at radius 2 is 1.90 bits per heavy atom. The number of hydrogen-bond donors (Lipinski definition) is 1. The van der Waals surface area contributed by atoms with Crippen LogP contribution in [0.25, 0.3) is 0 Å². The zero-order valence-corrected chi connectivity index (χ0v) is 18.9. The molecule has 0 bridgehead atoms. The van der Waals surface area contributed by atoms with Crippen molar-refractivity contribution in [3.05, 3.63) is 82.4 Å². The zero-order chi connectivity index (χ0) is 22.4. The van der Waals surface area contributed by atoms with E-state index in [0.29, 0.717) is 29.3 Å². The maximum atomic E-state index is 13.5. The number of hydrogen-bond acceptors (Lipinski definition) is 3. The minimum atomic E-state index is -0.710. The summed E-state index contributed by atoms with van der Waals surface area (Å²) in [6.45, 7) is 5.78. The number of halogens is 2. The molecule has 1 heterocycles. The first-order chi connectivity index (χ1) is 15.0. The van der Waals surface area contributed by atoms with Crippen LogP contribution in [0.5, 0.6) is 0 Å². The Bertz CT molecular complexity index is 919. The largest absolute Gasteiger partial charge is 0.358 e. The average molecular weight is 461 g/mol. The Labute approximate surface area is 193 Å². The van der Waals surface area contributed by atoms with Crippen LogP contribution in [0.3, 0.4) is 0 Å². The van der Waals surface area contributed by atoms with E-state index in [4.69, 9.17) is 27.9 Å². The molecule has 1 aliphatic rings. The molecule has 0 radical (unpaired) electrons. The molecule has 7 heteroatoms. The van der Waals surface area contributed by atoms with E-state index in [0.717, 1.165) is 17.5 Å². The lowest BCUT2D eigenvalue weighted by Gasteiger charge is -2.48. The monoisotopic (exact) mass is 460 g/mol. The molecule has 2 aromatic carbocycles. The molecule has 1 fully saturated rings. The zero-order valence-electron chi connectivity index (χ0n) is 17.3. The molecule has 2 amide bonds. The van der Waals surface area contributed by atoms with Crippen molar-refractivity contribution in [2.24, 2.45) is 0 Å². The van der Waals surface area contributed by atoms with Crippen molar-refractivity contribution in [1.82, 2.24) is 10.2 Å². The summed E-state index contributed by atoms with van der Waals surface area (Å²) in [5, 5.41) is 4.01. The summed E-state index contributed by atoms with van der Waals surface area (Å²) in [6.07, 6.45) is 2.38. The smallest absolute Gasteiger partial charge is 0.254 e. The second-order valence-electron chi connectivity index (χ2n) is 7.46. The molecule has 5 nitrogen and oxygen atoms in total. The van der Waals surface area contributed by atoms with E-state index in [1.807, 2.05) is 37.3 Å². The number of rotatable bonds is 9. The number of carbonyl (C=O) groups excluding carboxylic acids is 2. The number of nitrogens with zero attached hydrogens (tertiary/aromatic N) is 1.